The number of piperazine rings is 1. The number of hydrogen-bond acceptors (Lipinski definition) is 3. The summed E-state index contributed by atoms with van der Waals surface area (Å²) in [5.74, 6) is 0.607. The van der Waals surface area contributed by atoms with Crippen molar-refractivity contribution in [2.75, 3.05) is 32.7 Å². The first-order valence-corrected chi connectivity index (χ1v) is 10.0. The minimum Gasteiger partial charge on any atom is -0.346 e. The Morgan fingerprint density at radius 3 is 2.08 bits per heavy atom. The number of ketones is 1. The van der Waals surface area contributed by atoms with E-state index in [9.17, 15) is 9.59 Å². The molecule has 5 nitrogen and oxygen atoms in total. The molecular weight excluding hydrogens is 326 g/mol. The molecule has 1 saturated heterocycles. The van der Waals surface area contributed by atoms with Gasteiger partial charge in [-0.3, -0.25) is 14.5 Å². The van der Waals surface area contributed by atoms with E-state index in [2.05, 4.69) is 44.1 Å². The van der Waals surface area contributed by atoms with Gasteiger partial charge in [-0.2, -0.15) is 0 Å². The standard InChI is InChI=1S/C21H35N3O2/c1-7-18(8-2)21(26)23-11-9-22(10-12-23)14-20(25)19-13-16(5)24(15(3)4)17(19)6/h13,15,18H,7-12,14H2,1-6H3. The highest BCUT2D eigenvalue weighted by Crippen LogP contribution is 2.21. The number of amides is 1. The van der Waals surface area contributed by atoms with E-state index >= 15 is 0 Å². The summed E-state index contributed by atoms with van der Waals surface area (Å²) in [7, 11) is 0. The molecule has 0 saturated carbocycles. The van der Waals surface area contributed by atoms with Gasteiger partial charge in [0.1, 0.15) is 0 Å². The summed E-state index contributed by atoms with van der Waals surface area (Å²) in [6.45, 7) is 16.0. The summed E-state index contributed by atoms with van der Waals surface area (Å²) < 4.78 is 2.22. The van der Waals surface area contributed by atoms with E-state index in [0.29, 0.717) is 12.6 Å². The molecule has 2 rings (SSSR count). The maximum Gasteiger partial charge on any atom is 0.225 e. The predicted octanol–water partition coefficient (Wildman–Crippen LogP) is 3.45. The number of carbonyl (C=O) groups excluding carboxylic acids is 2. The van der Waals surface area contributed by atoms with E-state index in [1.165, 1.54) is 0 Å². The Balaban J connectivity index is 1.95. The molecule has 1 aliphatic heterocycles. The third-order valence-electron chi connectivity index (χ3n) is 5.69. The van der Waals surface area contributed by atoms with Gasteiger partial charge in [-0.25, -0.2) is 0 Å². The normalized spacial score (nSPS) is 15.9. The molecule has 0 N–H and O–H groups in total. The van der Waals surface area contributed by atoms with Crippen LogP contribution in [0, 0.1) is 19.8 Å². The topological polar surface area (TPSA) is 45.6 Å². The van der Waals surface area contributed by atoms with Gasteiger partial charge in [-0.15, -0.1) is 0 Å². The summed E-state index contributed by atoms with van der Waals surface area (Å²) in [6.07, 6.45) is 1.80. The lowest BCUT2D eigenvalue weighted by Gasteiger charge is -2.36. The Morgan fingerprint density at radius 1 is 1.04 bits per heavy atom. The molecule has 0 unspecified atom stereocenters. The van der Waals surface area contributed by atoms with Gasteiger partial charge in [0.15, 0.2) is 5.78 Å². The summed E-state index contributed by atoms with van der Waals surface area (Å²) in [4.78, 5) is 29.5. The van der Waals surface area contributed by atoms with Crippen molar-refractivity contribution in [1.29, 1.82) is 0 Å². The van der Waals surface area contributed by atoms with Crippen LogP contribution in [-0.2, 0) is 4.79 Å². The molecule has 0 aromatic carbocycles. The molecule has 0 bridgehead atoms. The Hall–Kier alpha value is -1.62. The maximum absolute atomic E-state index is 12.8. The van der Waals surface area contributed by atoms with Gasteiger partial charge in [0.2, 0.25) is 5.91 Å². The van der Waals surface area contributed by atoms with Crippen LogP contribution in [0.5, 0.6) is 0 Å². The lowest BCUT2D eigenvalue weighted by atomic mass is 10.0. The first-order valence-electron chi connectivity index (χ1n) is 10.0. The van der Waals surface area contributed by atoms with Gasteiger partial charge in [0, 0.05) is 55.1 Å². The molecule has 1 aromatic heterocycles. The fourth-order valence-electron chi connectivity index (χ4n) is 4.16. The van der Waals surface area contributed by atoms with Crippen LogP contribution in [0.25, 0.3) is 0 Å². The average molecular weight is 362 g/mol. The van der Waals surface area contributed by atoms with Gasteiger partial charge in [0.05, 0.1) is 6.54 Å². The van der Waals surface area contributed by atoms with E-state index in [-0.39, 0.29) is 17.6 Å². The lowest BCUT2D eigenvalue weighted by Crippen LogP contribution is -2.51. The number of aryl methyl sites for hydroxylation is 1. The zero-order valence-corrected chi connectivity index (χ0v) is 17.3. The second kappa shape index (κ2) is 8.85. The SMILES string of the molecule is CCC(CC)C(=O)N1CCN(CC(=O)c2cc(C)n(C(C)C)c2C)CC1. The number of rotatable bonds is 7. The first-order chi connectivity index (χ1) is 12.3. The zero-order chi connectivity index (χ0) is 19.4. The van der Waals surface area contributed by atoms with Crippen LogP contribution < -0.4 is 0 Å². The molecule has 0 spiro atoms. The Morgan fingerprint density at radius 2 is 1.62 bits per heavy atom. The van der Waals surface area contributed by atoms with Crippen LogP contribution in [-0.4, -0.2) is 58.8 Å². The number of Topliss-reactive ketones (excluding diaryl/α,β-unsaturated/α-hetero) is 1. The molecule has 5 heteroatoms. The quantitative estimate of drug-likeness (QED) is 0.699. The number of aromatic nitrogens is 1. The highest BCUT2D eigenvalue weighted by molar-refractivity contribution is 5.99. The van der Waals surface area contributed by atoms with Crippen LogP contribution in [0.3, 0.4) is 0 Å². The van der Waals surface area contributed by atoms with Crippen molar-refractivity contribution in [3.8, 4) is 0 Å². The van der Waals surface area contributed by atoms with Gasteiger partial charge in [-0.05, 0) is 46.6 Å². The van der Waals surface area contributed by atoms with Gasteiger partial charge < -0.3 is 9.47 Å². The molecule has 0 atom stereocenters. The van der Waals surface area contributed by atoms with Crippen molar-refractivity contribution >= 4 is 11.7 Å². The van der Waals surface area contributed by atoms with Gasteiger partial charge >= 0.3 is 0 Å². The first kappa shape index (κ1) is 20.7. The Kier molecular flexibility index (Phi) is 7.04. The summed E-state index contributed by atoms with van der Waals surface area (Å²) >= 11 is 0. The van der Waals surface area contributed by atoms with Crippen LogP contribution in [0.1, 0.15) is 68.3 Å². The van der Waals surface area contributed by atoms with Crippen LogP contribution in [0.2, 0.25) is 0 Å². The molecule has 146 valence electrons. The third kappa shape index (κ3) is 4.37. The molecule has 0 radical (unpaired) electrons. The zero-order valence-electron chi connectivity index (χ0n) is 17.3. The van der Waals surface area contributed by atoms with Crippen LogP contribution >= 0.6 is 0 Å². The Bertz CT molecular complexity index is 636. The summed E-state index contributed by atoms with van der Waals surface area (Å²) in [6, 6.07) is 2.38. The fourth-order valence-corrected chi connectivity index (χ4v) is 4.16. The Labute approximate surface area is 158 Å². The predicted molar refractivity (Wildman–Crippen MR) is 106 cm³/mol. The molecule has 26 heavy (non-hydrogen) atoms. The monoisotopic (exact) mass is 361 g/mol. The van der Waals surface area contributed by atoms with E-state index in [1.807, 2.05) is 17.9 Å². The molecule has 1 fully saturated rings. The minimum absolute atomic E-state index is 0.143. The number of hydrogen-bond donors (Lipinski definition) is 0. The molecular formula is C21H35N3O2. The molecule has 2 heterocycles. The van der Waals surface area contributed by atoms with Crippen molar-refractivity contribution < 1.29 is 9.59 Å². The van der Waals surface area contributed by atoms with Crippen LogP contribution in [0.4, 0.5) is 0 Å². The maximum atomic E-state index is 12.8. The van der Waals surface area contributed by atoms with Crippen molar-refractivity contribution in [1.82, 2.24) is 14.4 Å². The smallest absolute Gasteiger partial charge is 0.225 e. The van der Waals surface area contributed by atoms with E-state index in [0.717, 1.165) is 56.0 Å². The molecule has 0 aliphatic carbocycles. The van der Waals surface area contributed by atoms with E-state index < -0.39 is 0 Å². The van der Waals surface area contributed by atoms with Crippen molar-refractivity contribution in [2.24, 2.45) is 5.92 Å². The summed E-state index contributed by atoms with van der Waals surface area (Å²) in [5, 5.41) is 0. The lowest BCUT2D eigenvalue weighted by molar-refractivity contribution is -0.137. The van der Waals surface area contributed by atoms with Crippen molar-refractivity contribution in [3.05, 3.63) is 23.0 Å². The number of carbonyl (C=O) groups is 2. The minimum atomic E-state index is 0.143. The highest BCUT2D eigenvalue weighted by atomic mass is 16.2. The van der Waals surface area contributed by atoms with E-state index in [4.69, 9.17) is 0 Å². The molecule has 1 amide bonds. The van der Waals surface area contributed by atoms with Crippen LogP contribution in [0.15, 0.2) is 6.07 Å². The van der Waals surface area contributed by atoms with Gasteiger partial charge in [-0.1, -0.05) is 13.8 Å². The molecule has 1 aromatic rings. The second-order valence-electron chi connectivity index (χ2n) is 7.79. The van der Waals surface area contributed by atoms with E-state index in [1.54, 1.807) is 0 Å². The largest absolute Gasteiger partial charge is 0.346 e. The second-order valence-corrected chi connectivity index (χ2v) is 7.79. The highest BCUT2D eigenvalue weighted by Gasteiger charge is 2.27. The fraction of sp³-hybridized carbons (Fsp3) is 0.714. The third-order valence-corrected chi connectivity index (χ3v) is 5.69. The van der Waals surface area contributed by atoms with Gasteiger partial charge in [0.25, 0.3) is 0 Å². The van der Waals surface area contributed by atoms with Crippen molar-refractivity contribution in [2.45, 2.75) is 60.4 Å². The summed E-state index contributed by atoms with van der Waals surface area (Å²) in [5.41, 5.74) is 3.04. The molecule has 1 aliphatic rings. The van der Waals surface area contributed by atoms with Crippen molar-refractivity contribution in [3.63, 3.8) is 0 Å². The number of nitrogens with zero attached hydrogens (tertiary/aromatic N) is 3. The average Bonchev–Trinajstić information content (AvgIpc) is 2.91.